The van der Waals surface area contributed by atoms with Crippen LogP contribution in [0.4, 0.5) is 5.69 Å². The van der Waals surface area contributed by atoms with Gasteiger partial charge >= 0.3 is 0 Å². The van der Waals surface area contributed by atoms with E-state index in [4.69, 9.17) is 5.73 Å². The number of nitrogens with zero attached hydrogens (tertiary/aromatic N) is 1. The fourth-order valence-corrected chi connectivity index (χ4v) is 2.60. The molecule has 90 valence electrons. The summed E-state index contributed by atoms with van der Waals surface area (Å²) in [6.07, 6.45) is 3.87. The molecule has 3 nitrogen and oxygen atoms in total. The van der Waals surface area contributed by atoms with Gasteiger partial charge < -0.3 is 10.6 Å². The van der Waals surface area contributed by atoms with E-state index in [0.29, 0.717) is 12.3 Å². The maximum absolute atomic E-state index is 12.2. The molecule has 3 rings (SSSR count). The molecule has 1 aliphatic heterocycles. The van der Waals surface area contributed by atoms with E-state index in [9.17, 15) is 4.79 Å². The van der Waals surface area contributed by atoms with Crippen molar-refractivity contribution in [3.63, 3.8) is 0 Å². The third-order valence-electron chi connectivity index (χ3n) is 3.83. The van der Waals surface area contributed by atoms with Crippen LogP contribution in [0.5, 0.6) is 0 Å². The Bertz CT molecular complexity index is 440. The van der Waals surface area contributed by atoms with Gasteiger partial charge in [0.15, 0.2) is 0 Å². The molecule has 0 aromatic heterocycles. The molecule has 1 atom stereocenters. The first-order valence-electron chi connectivity index (χ1n) is 6.39. The molecule has 0 spiro atoms. The summed E-state index contributed by atoms with van der Waals surface area (Å²) < 4.78 is 0. The van der Waals surface area contributed by atoms with Crippen LogP contribution in [-0.4, -0.2) is 18.5 Å². The number of benzene rings is 1. The van der Waals surface area contributed by atoms with Crippen LogP contribution < -0.4 is 10.6 Å². The number of hydrogen-bond acceptors (Lipinski definition) is 2. The monoisotopic (exact) mass is 230 g/mol. The van der Waals surface area contributed by atoms with Crippen LogP contribution >= 0.6 is 0 Å². The number of hydrogen-bond donors (Lipinski definition) is 1. The molecule has 1 aromatic carbocycles. The molecule has 17 heavy (non-hydrogen) atoms. The molecule has 1 unspecified atom stereocenters. The Kier molecular flexibility index (Phi) is 2.63. The molecule has 0 radical (unpaired) electrons. The molecule has 0 bridgehead atoms. The predicted molar refractivity (Wildman–Crippen MR) is 67.8 cm³/mol. The lowest BCUT2D eigenvalue weighted by molar-refractivity contribution is -0.118. The van der Waals surface area contributed by atoms with Gasteiger partial charge in [-0.3, -0.25) is 4.79 Å². The van der Waals surface area contributed by atoms with Gasteiger partial charge in [0.25, 0.3) is 0 Å². The summed E-state index contributed by atoms with van der Waals surface area (Å²) in [6.45, 7) is 0.815. The van der Waals surface area contributed by atoms with E-state index in [1.54, 1.807) is 0 Å². The minimum Gasteiger partial charge on any atom is -0.327 e. The number of carbonyl (C=O) groups excluding carboxylic acids is 1. The molecule has 3 heteroatoms. The van der Waals surface area contributed by atoms with Crippen LogP contribution in [0.25, 0.3) is 0 Å². The van der Waals surface area contributed by atoms with E-state index in [1.165, 1.54) is 18.4 Å². The Balaban J connectivity index is 1.71. The normalized spacial score (nSPS) is 20.2. The lowest BCUT2D eigenvalue weighted by Crippen LogP contribution is -2.35. The first-order chi connectivity index (χ1) is 8.25. The minimum atomic E-state index is 0.0651. The highest BCUT2D eigenvalue weighted by molar-refractivity contribution is 5.95. The lowest BCUT2D eigenvalue weighted by atomic mass is 10.1. The van der Waals surface area contributed by atoms with Gasteiger partial charge in [-0.25, -0.2) is 0 Å². The fourth-order valence-electron chi connectivity index (χ4n) is 2.60. The highest BCUT2D eigenvalue weighted by Gasteiger charge is 2.32. The van der Waals surface area contributed by atoms with E-state index in [-0.39, 0.29) is 11.9 Å². The SMILES string of the molecule is NC(CC(=O)N1CCc2ccccc21)C1CC1. The average Bonchev–Trinajstić information content (AvgIpc) is 3.09. The van der Waals surface area contributed by atoms with Crippen molar-refractivity contribution in [2.75, 3.05) is 11.4 Å². The minimum absolute atomic E-state index is 0.0651. The summed E-state index contributed by atoms with van der Waals surface area (Å²) >= 11 is 0. The van der Waals surface area contributed by atoms with Crippen molar-refractivity contribution in [3.05, 3.63) is 29.8 Å². The van der Waals surface area contributed by atoms with Crippen LogP contribution in [0.3, 0.4) is 0 Å². The molecular weight excluding hydrogens is 212 g/mol. The number of carbonyl (C=O) groups is 1. The second-order valence-electron chi connectivity index (χ2n) is 5.13. The molecule has 1 fully saturated rings. The molecule has 2 N–H and O–H groups in total. The second-order valence-corrected chi connectivity index (χ2v) is 5.13. The van der Waals surface area contributed by atoms with Crippen molar-refractivity contribution >= 4 is 11.6 Å². The molecule has 1 saturated carbocycles. The molecule has 1 heterocycles. The highest BCUT2D eigenvalue weighted by atomic mass is 16.2. The third-order valence-corrected chi connectivity index (χ3v) is 3.83. The van der Waals surface area contributed by atoms with Crippen LogP contribution in [0.15, 0.2) is 24.3 Å². The largest absolute Gasteiger partial charge is 0.327 e. The highest BCUT2D eigenvalue weighted by Crippen LogP contribution is 2.34. The summed E-state index contributed by atoms with van der Waals surface area (Å²) in [5, 5.41) is 0. The molecular formula is C14H18N2O. The second kappa shape index (κ2) is 4.15. The Labute approximate surface area is 102 Å². The number of fused-ring (bicyclic) bond motifs is 1. The summed E-state index contributed by atoms with van der Waals surface area (Å²) in [6, 6.07) is 8.22. The van der Waals surface area contributed by atoms with Gasteiger partial charge in [0.05, 0.1) is 0 Å². The predicted octanol–water partition coefficient (Wildman–Crippen LogP) is 1.70. The van der Waals surface area contributed by atoms with Gasteiger partial charge in [0.2, 0.25) is 5.91 Å². The van der Waals surface area contributed by atoms with E-state index >= 15 is 0 Å². The molecule has 2 aliphatic rings. The van der Waals surface area contributed by atoms with Gasteiger partial charge in [0.1, 0.15) is 0 Å². The number of para-hydroxylation sites is 1. The van der Waals surface area contributed by atoms with Gasteiger partial charge in [0, 0.05) is 24.7 Å². The van der Waals surface area contributed by atoms with Crippen LogP contribution in [0.2, 0.25) is 0 Å². The van der Waals surface area contributed by atoms with E-state index in [0.717, 1.165) is 18.7 Å². The fraction of sp³-hybridized carbons (Fsp3) is 0.500. The number of amides is 1. The zero-order chi connectivity index (χ0) is 11.8. The van der Waals surface area contributed by atoms with Crippen LogP contribution in [0.1, 0.15) is 24.8 Å². The Hall–Kier alpha value is -1.35. The standard InChI is InChI=1S/C14H18N2O/c15-12(10-5-6-10)9-14(17)16-8-7-11-3-1-2-4-13(11)16/h1-4,10,12H,5-9,15H2. The van der Waals surface area contributed by atoms with Crippen LogP contribution in [-0.2, 0) is 11.2 Å². The smallest absolute Gasteiger partial charge is 0.228 e. The first-order valence-corrected chi connectivity index (χ1v) is 6.39. The lowest BCUT2D eigenvalue weighted by Gasteiger charge is -2.19. The zero-order valence-corrected chi connectivity index (χ0v) is 9.93. The Morgan fingerprint density at radius 1 is 1.41 bits per heavy atom. The van der Waals surface area contributed by atoms with Crippen molar-refractivity contribution in [2.24, 2.45) is 11.7 Å². The van der Waals surface area contributed by atoms with Gasteiger partial charge in [-0.1, -0.05) is 18.2 Å². The molecule has 1 aromatic rings. The van der Waals surface area contributed by atoms with E-state index in [2.05, 4.69) is 6.07 Å². The molecule has 1 aliphatic carbocycles. The van der Waals surface area contributed by atoms with Gasteiger partial charge in [-0.2, -0.15) is 0 Å². The van der Waals surface area contributed by atoms with Crippen LogP contribution in [0, 0.1) is 5.92 Å². The number of rotatable bonds is 3. The van der Waals surface area contributed by atoms with E-state index in [1.807, 2.05) is 23.1 Å². The van der Waals surface area contributed by atoms with Crippen molar-refractivity contribution in [2.45, 2.75) is 31.7 Å². The van der Waals surface area contributed by atoms with Crippen molar-refractivity contribution in [1.29, 1.82) is 0 Å². The summed E-state index contributed by atoms with van der Waals surface area (Å²) in [5.74, 6) is 0.783. The van der Waals surface area contributed by atoms with Crippen molar-refractivity contribution in [1.82, 2.24) is 0 Å². The average molecular weight is 230 g/mol. The summed E-state index contributed by atoms with van der Waals surface area (Å²) in [7, 11) is 0. The summed E-state index contributed by atoms with van der Waals surface area (Å²) in [4.78, 5) is 14.1. The zero-order valence-electron chi connectivity index (χ0n) is 9.93. The Morgan fingerprint density at radius 3 is 2.94 bits per heavy atom. The van der Waals surface area contributed by atoms with Crippen molar-refractivity contribution in [3.8, 4) is 0 Å². The first kappa shape index (κ1) is 10.8. The van der Waals surface area contributed by atoms with Gasteiger partial charge in [-0.05, 0) is 36.8 Å². The number of anilines is 1. The molecule has 0 saturated heterocycles. The quantitative estimate of drug-likeness (QED) is 0.859. The third kappa shape index (κ3) is 2.07. The maximum atomic E-state index is 12.2. The van der Waals surface area contributed by atoms with Gasteiger partial charge in [-0.15, -0.1) is 0 Å². The topological polar surface area (TPSA) is 46.3 Å². The maximum Gasteiger partial charge on any atom is 0.228 e. The van der Waals surface area contributed by atoms with Crippen molar-refractivity contribution < 1.29 is 4.79 Å². The Morgan fingerprint density at radius 2 is 2.18 bits per heavy atom. The number of nitrogens with two attached hydrogens (primary N) is 1. The summed E-state index contributed by atoms with van der Waals surface area (Å²) in [5.41, 5.74) is 8.38. The van der Waals surface area contributed by atoms with E-state index < -0.39 is 0 Å². The molecule has 1 amide bonds.